The average molecular weight is 212 g/mol. The van der Waals surface area contributed by atoms with E-state index in [1.54, 1.807) is 4.90 Å². The van der Waals surface area contributed by atoms with Gasteiger partial charge in [0.1, 0.15) is 6.04 Å². The van der Waals surface area contributed by atoms with Crippen LogP contribution in [-0.4, -0.2) is 29.3 Å². The van der Waals surface area contributed by atoms with Gasteiger partial charge in [0.05, 0.1) is 0 Å². The van der Waals surface area contributed by atoms with E-state index in [4.69, 9.17) is 5.73 Å². The molecule has 1 aliphatic rings. The van der Waals surface area contributed by atoms with Crippen LogP contribution in [0.3, 0.4) is 0 Å². The van der Waals surface area contributed by atoms with Gasteiger partial charge in [0.2, 0.25) is 11.8 Å². The number of likely N-dealkylation sites (tertiary alicyclic amines) is 1. The van der Waals surface area contributed by atoms with Gasteiger partial charge in [0.15, 0.2) is 0 Å². The highest BCUT2D eigenvalue weighted by atomic mass is 16.2. The molecular weight excluding hydrogens is 192 g/mol. The second kappa shape index (κ2) is 4.21. The number of carbonyl (C=O) groups excluding carboxylic acids is 2. The average Bonchev–Trinajstić information content (AvgIpc) is 2.47. The highest BCUT2D eigenvalue weighted by Gasteiger charge is 2.33. The standard InChI is InChI=1S/C11H20N2O2/c1-11(2,3)7-9(14)13-6-4-5-8(13)10(12)15/h8H,4-7H2,1-3H3,(H2,12,15)/t8-/m0/s1. The summed E-state index contributed by atoms with van der Waals surface area (Å²) in [6.45, 7) is 6.71. The van der Waals surface area contributed by atoms with E-state index in [2.05, 4.69) is 0 Å². The van der Waals surface area contributed by atoms with E-state index in [1.165, 1.54) is 0 Å². The van der Waals surface area contributed by atoms with Crippen LogP contribution in [0.25, 0.3) is 0 Å². The number of carbonyl (C=O) groups is 2. The summed E-state index contributed by atoms with van der Waals surface area (Å²) in [6.07, 6.45) is 2.06. The number of primary amides is 1. The van der Waals surface area contributed by atoms with Crippen molar-refractivity contribution in [3.8, 4) is 0 Å². The van der Waals surface area contributed by atoms with Crippen LogP contribution < -0.4 is 5.73 Å². The topological polar surface area (TPSA) is 63.4 Å². The monoisotopic (exact) mass is 212 g/mol. The highest BCUT2D eigenvalue weighted by molar-refractivity contribution is 5.87. The molecule has 4 heteroatoms. The number of rotatable bonds is 2. The smallest absolute Gasteiger partial charge is 0.240 e. The Morgan fingerprint density at radius 3 is 2.47 bits per heavy atom. The molecule has 1 rings (SSSR count). The van der Waals surface area contributed by atoms with Crippen LogP contribution in [0, 0.1) is 5.41 Å². The number of nitrogens with zero attached hydrogens (tertiary/aromatic N) is 1. The van der Waals surface area contributed by atoms with Gasteiger partial charge in [-0.3, -0.25) is 9.59 Å². The summed E-state index contributed by atoms with van der Waals surface area (Å²) in [5.74, 6) is -0.335. The van der Waals surface area contributed by atoms with Crippen LogP contribution in [0.4, 0.5) is 0 Å². The first-order chi connectivity index (χ1) is 6.81. The summed E-state index contributed by atoms with van der Waals surface area (Å²) in [5, 5.41) is 0. The maximum atomic E-state index is 11.9. The molecule has 0 aromatic carbocycles. The van der Waals surface area contributed by atoms with Crippen LogP contribution in [-0.2, 0) is 9.59 Å². The van der Waals surface area contributed by atoms with Gasteiger partial charge in [0.25, 0.3) is 0 Å². The van der Waals surface area contributed by atoms with Crippen LogP contribution >= 0.6 is 0 Å². The zero-order valence-corrected chi connectivity index (χ0v) is 9.75. The summed E-state index contributed by atoms with van der Waals surface area (Å²) >= 11 is 0. The molecule has 15 heavy (non-hydrogen) atoms. The van der Waals surface area contributed by atoms with E-state index in [0.29, 0.717) is 19.4 Å². The van der Waals surface area contributed by atoms with Gasteiger partial charge in [-0.1, -0.05) is 20.8 Å². The first kappa shape index (κ1) is 12.0. The lowest BCUT2D eigenvalue weighted by atomic mass is 9.91. The maximum Gasteiger partial charge on any atom is 0.240 e. The Morgan fingerprint density at radius 1 is 1.40 bits per heavy atom. The molecule has 1 atom stereocenters. The Hall–Kier alpha value is -1.06. The van der Waals surface area contributed by atoms with Crippen molar-refractivity contribution in [1.82, 2.24) is 4.90 Å². The van der Waals surface area contributed by atoms with Crippen LogP contribution in [0.1, 0.15) is 40.0 Å². The van der Waals surface area contributed by atoms with Crippen molar-refractivity contribution in [2.24, 2.45) is 11.1 Å². The zero-order chi connectivity index (χ0) is 11.6. The molecule has 1 fully saturated rings. The molecule has 1 aliphatic heterocycles. The molecule has 0 aliphatic carbocycles. The lowest BCUT2D eigenvalue weighted by molar-refractivity contribution is -0.138. The van der Waals surface area contributed by atoms with Gasteiger partial charge in [-0.15, -0.1) is 0 Å². The van der Waals surface area contributed by atoms with Gasteiger partial charge in [0, 0.05) is 13.0 Å². The van der Waals surface area contributed by atoms with Gasteiger partial charge in [-0.25, -0.2) is 0 Å². The van der Waals surface area contributed by atoms with Crippen LogP contribution in [0.2, 0.25) is 0 Å². The highest BCUT2D eigenvalue weighted by Crippen LogP contribution is 2.24. The van der Waals surface area contributed by atoms with Crippen LogP contribution in [0.5, 0.6) is 0 Å². The molecular formula is C11H20N2O2. The summed E-state index contributed by atoms with van der Waals surface area (Å²) in [6, 6.07) is -0.375. The molecule has 0 aromatic heterocycles. The normalized spacial score (nSPS) is 21.8. The fourth-order valence-corrected chi connectivity index (χ4v) is 1.92. The number of hydrogen-bond acceptors (Lipinski definition) is 2. The van der Waals surface area contributed by atoms with Crippen molar-refractivity contribution in [3.63, 3.8) is 0 Å². The molecule has 0 unspecified atom stereocenters. The molecule has 2 amide bonds. The number of nitrogens with two attached hydrogens (primary N) is 1. The van der Waals surface area contributed by atoms with Crippen molar-refractivity contribution in [2.75, 3.05) is 6.54 Å². The molecule has 0 radical (unpaired) electrons. The van der Waals surface area contributed by atoms with Crippen molar-refractivity contribution >= 4 is 11.8 Å². The Balaban J connectivity index is 2.63. The molecule has 0 spiro atoms. The zero-order valence-electron chi connectivity index (χ0n) is 9.75. The van der Waals surface area contributed by atoms with E-state index in [0.717, 1.165) is 6.42 Å². The minimum Gasteiger partial charge on any atom is -0.368 e. The molecule has 86 valence electrons. The third-order valence-electron chi connectivity index (χ3n) is 2.58. The Morgan fingerprint density at radius 2 is 2.00 bits per heavy atom. The van der Waals surface area contributed by atoms with Gasteiger partial charge in [-0.05, 0) is 18.3 Å². The van der Waals surface area contributed by atoms with Crippen molar-refractivity contribution in [1.29, 1.82) is 0 Å². The van der Waals surface area contributed by atoms with E-state index in [-0.39, 0.29) is 23.3 Å². The maximum absolute atomic E-state index is 11.9. The van der Waals surface area contributed by atoms with E-state index >= 15 is 0 Å². The lowest BCUT2D eigenvalue weighted by Crippen LogP contribution is -2.44. The molecule has 1 saturated heterocycles. The second-order valence-electron chi connectivity index (χ2n) is 5.38. The summed E-state index contributed by atoms with van der Waals surface area (Å²) in [7, 11) is 0. The van der Waals surface area contributed by atoms with Crippen molar-refractivity contribution in [3.05, 3.63) is 0 Å². The number of amides is 2. The molecule has 0 aromatic rings. The fraction of sp³-hybridized carbons (Fsp3) is 0.818. The molecule has 1 heterocycles. The van der Waals surface area contributed by atoms with Gasteiger partial charge < -0.3 is 10.6 Å². The first-order valence-electron chi connectivity index (χ1n) is 5.40. The van der Waals surface area contributed by atoms with Crippen LogP contribution in [0.15, 0.2) is 0 Å². The Bertz CT molecular complexity index is 268. The summed E-state index contributed by atoms with van der Waals surface area (Å²) in [5.41, 5.74) is 5.22. The summed E-state index contributed by atoms with van der Waals surface area (Å²) in [4.78, 5) is 24.6. The van der Waals surface area contributed by atoms with Gasteiger partial charge >= 0.3 is 0 Å². The molecule has 0 bridgehead atoms. The minimum absolute atomic E-state index is 0.0398. The van der Waals surface area contributed by atoms with E-state index in [9.17, 15) is 9.59 Å². The molecule has 4 nitrogen and oxygen atoms in total. The Labute approximate surface area is 90.8 Å². The first-order valence-corrected chi connectivity index (χ1v) is 5.40. The predicted molar refractivity (Wildman–Crippen MR) is 58.0 cm³/mol. The lowest BCUT2D eigenvalue weighted by Gasteiger charge is -2.26. The predicted octanol–water partition coefficient (Wildman–Crippen LogP) is 0.899. The molecule has 0 saturated carbocycles. The number of hydrogen-bond donors (Lipinski definition) is 1. The largest absolute Gasteiger partial charge is 0.368 e. The summed E-state index contributed by atoms with van der Waals surface area (Å²) < 4.78 is 0. The molecule has 2 N–H and O–H groups in total. The van der Waals surface area contributed by atoms with Crippen molar-refractivity contribution < 1.29 is 9.59 Å². The quantitative estimate of drug-likeness (QED) is 0.739. The third kappa shape index (κ3) is 3.22. The SMILES string of the molecule is CC(C)(C)CC(=O)N1CCC[C@H]1C(N)=O. The second-order valence-corrected chi connectivity index (χ2v) is 5.38. The minimum atomic E-state index is -0.380. The van der Waals surface area contributed by atoms with Crippen molar-refractivity contribution in [2.45, 2.75) is 46.1 Å². The fourth-order valence-electron chi connectivity index (χ4n) is 1.92. The third-order valence-corrected chi connectivity index (χ3v) is 2.58. The van der Waals surface area contributed by atoms with E-state index < -0.39 is 0 Å². The van der Waals surface area contributed by atoms with Gasteiger partial charge in [-0.2, -0.15) is 0 Å². The Kier molecular flexibility index (Phi) is 3.37. The van der Waals surface area contributed by atoms with E-state index in [1.807, 2.05) is 20.8 Å².